The fourth-order valence-electron chi connectivity index (χ4n) is 2.69. The van der Waals surface area contributed by atoms with E-state index in [2.05, 4.69) is 0 Å². The summed E-state index contributed by atoms with van der Waals surface area (Å²) in [6.07, 6.45) is 1.28. The van der Waals surface area contributed by atoms with Crippen LogP contribution < -0.4 is 0 Å². The molecule has 0 atom stereocenters. The highest BCUT2D eigenvalue weighted by molar-refractivity contribution is 6.13. The van der Waals surface area contributed by atoms with Gasteiger partial charge in [0.1, 0.15) is 0 Å². The van der Waals surface area contributed by atoms with Gasteiger partial charge in [0.15, 0.2) is 0 Å². The number of hydrogen-bond donors (Lipinski definition) is 2. The molecule has 0 aliphatic carbocycles. The van der Waals surface area contributed by atoms with Gasteiger partial charge in [0.2, 0.25) is 0 Å². The summed E-state index contributed by atoms with van der Waals surface area (Å²) in [7, 11) is 0. The summed E-state index contributed by atoms with van der Waals surface area (Å²) in [5, 5.41) is 19.8. The van der Waals surface area contributed by atoms with Crippen LogP contribution in [0, 0.1) is 0 Å². The number of carbonyl (C=O) groups is 2. The first-order chi connectivity index (χ1) is 9.51. The highest BCUT2D eigenvalue weighted by Crippen LogP contribution is 2.30. The predicted octanol–water partition coefficient (Wildman–Crippen LogP) is 3.36. The Hall–Kier alpha value is -2.36. The van der Waals surface area contributed by atoms with Crippen molar-refractivity contribution >= 4 is 22.7 Å². The molecule has 4 heteroatoms. The maximum atomic E-state index is 11.6. The summed E-state index contributed by atoms with van der Waals surface area (Å²) >= 11 is 0. The second-order valence-corrected chi connectivity index (χ2v) is 4.61. The van der Waals surface area contributed by atoms with Gasteiger partial charge in [-0.3, -0.25) is 0 Å². The van der Waals surface area contributed by atoms with E-state index in [0.29, 0.717) is 17.2 Å². The van der Waals surface area contributed by atoms with E-state index >= 15 is 0 Å². The van der Waals surface area contributed by atoms with Crippen molar-refractivity contribution in [1.29, 1.82) is 0 Å². The van der Waals surface area contributed by atoms with Crippen molar-refractivity contribution in [3.63, 3.8) is 0 Å². The minimum absolute atomic E-state index is 0.0391. The summed E-state index contributed by atoms with van der Waals surface area (Å²) in [6, 6.07) is 6.74. The summed E-state index contributed by atoms with van der Waals surface area (Å²) in [6.45, 7) is 3.85. The lowest BCUT2D eigenvalue weighted by atomic mass is 9.89. The van der Waals surface area contributed by atoms with E-state index in [9.17, 15) is 19.8 Å². The van der Waals surface area contributed by atoms with Crippen LogP contribution in [-0.2, 0) is 12.8 Å². The second-order valence-electron chi connectivity index (χ2n) is 4.61. The SMILES string of the molecule is CCc1cc2cccc(C(=O)O)c2c(C(=O)O)c1CC. The van der Waals surface area contributed by atoms with Crippen molar-refractivity contribution in [2.75, 3.05) is 0 Å². The summed E-state index contributed by atoms with van der Waals surface area (Å²) in [5.74, 6) is -2.18. The van der Waals surface area contributed by atoms with Crippen LogP contribution in [-0.4, -0.2) is 22.2 Å². The standard InChI is InChI=1S/C16H16O4/c1-3-9-8-10-6-5-7-12(15(17)18)13(10)14(16(19)20)11(9)4-2/h5-8H,3-4H2,1-2H3,(H,17,18)(H,19,20). The molecule has 0 saturated heterocycles. The van der Waals surface area contributed by atoms with E-state index in [4.69, 9.17) is 0 Å². The normalized spacial score (nSPS) is 10.7. The topological polar surface area (TPSA) is 74.6 Å². The third kappa shape index (κ3) is 2.13. The number of carboxylic acid groups (broad SMARTS) is 2. The third-order valence-electron chi connectivity index (χ3n) is 3.54. The number of fused-ring (bicyclic) bond motifs is 1. The van der Waals surface area contributed by atoms with Gasteiger partial charge in [0.25, 0.3) is 0 Å². The average Bonchev–Trinajstić information content (AvgIpc) is 2.43. The second kappa shape index (κ2) is 5.33. The fourth-order valence-corrected chi connectivity index (χ4v) is 2.69. The zero-order chi connectivity index (χ0) is 14.9. The van der Waals surface area contributed by atoms with E-state index < -0.39 is 11.9 Å². The number of carboxylic acids is 2. The zero-order valence-corrected chi connectivity index (χ0v) is 11.4. The Labute approximate surface area is 116 Å². The van der Waals surface area contributed by atoms with Crippen LogP contribution in [0.25, 0.3) is 10.8 Å². The molecule has 0 aliphatic heterocycles. The largest absolute Gasteiger partial charge is 0.478 e. The summed E-state index contributed by atoms with van der Waals surface area (Å²) < 4.78 is 0. The van der Waals surface area contributed by atoms with Crippen molar-refractivity contribution in [1.82, 2.24) is 0 Å². The summed E-state index contributed by atoms with van der Waals surface area (Å²) in [4.78, 5) is 23.0. The van der Waals surface area contributed by atoms with Crippen LogP contribution in [0.4, 0.5) is 0 Å². The molecule has 0 spiro atoms. The van der Waals surface area contributed by atoms with Gasteiger partial charge in [-0.1, -0.05) is 32.0 Å². The molecule has 2 aromatic rings. The van der Waals surface area contributed by atoms with Crippen LogP contribution in [0.5, 0.6) is 0 Å². The van der Waals surface area contributed by atoms with Crippen LogP contribution in [0.15, 0.2) is 24.3 Å². The lowest BCUT2D eigenvalue weighted by Crippen LogP contribution is -2.09. The van der Waals surface area contributed by atoms with Crippen LogP contribution in [0.1, 0.15) is 45.7 Å². The molecule has 4 nitrogen and oxygen atoms in total. The first-order valence-corrected chi connectivity index (χ1v) is 6.55. The van der Waals surface area contributed by atoms with Gasteiger partial charge in [-0.2, -0.15) is 0 Å². The molecule has 20 heavy (non-hydrogen) atoms. The van der Waals surface area contributed by atoms with E-state index in [1.807, 2.05) is 19.9 Å². The molecular weight excluding hydrogens is 256 g/mol. The minimum Gasteiger partial charge on any atom is -0.478 e. The Morgan fingerprint density at radius 2 is 1.75 bits per heavy atom. The highest BCUT2D eigenvalue weighted by atomic mass is 16.4. The molecule has 0 aromatic heterocycles. The highest BCUT2D eigenvalue weighted by Gasteiger charge is 2.21. The minimum atomic E-state index is -1.11. The van der Waals surface area contributed by atoms with Gasteiger partial charge >= 0.3 is 11.9 Å². The smallest absolute Gasteiger partial charge is 0.336 e. The molecule has 0 bridgehead atoms. The van der Waals surface area contributed by atoms with E-state index in [1.165, 1.54) is 6.07 Å². The molecule has 0 fully saturated rings. The predicted molar refractivity (Wildman–Crippen MR) is 76.6 cm³/mol. The molecule has 0 heterocycles. The molecule has 2 N–H and O–H groups in total. The van der Waals surface area contributed by atoms with Crippen LogP contribution >= 0.6 is 0 Å². The molecule has 0 aliphatic rings. The molecule has 0 unspecified atom stereocenters. The van der Waals surface area contributed by atoms with Crippen molar-refractivity contribution < 1.29 is 19.8 Å². The third-order valence-corrected chi connectivity index (χ3v) is 3.54. The fraction of sp³-hybridized carbons (Fsp3) is 0.250. The van der Waals surface area contributed by atoms with Gasteiger partial charge in [0.05, 0.1) is 11.1 Å². The van der Waals surface area contributed by atoms with Gasteiger partial charge in [-0.05, 0) is 35.4 Å². The molecule has 2 aromatic carbocycles. The Morgan fingerprint density at radius 3 is 2.25 bits per heavy atom. The van der Waals surface area contributed by atoms with Crippen molar-refractivity contribution in [3.8, 4) is 0 Å². The van der Waals surface area contributed by atoms with Crippen molar-refractivity contribution in [2.45, 2.75) is 26.7 Å². The zero-order valence-electron chi connectivity index (χ0n) is 11.4. The molecule has 104 valence electrons. The molecular formula is C16H16O4. The van der Waals surface area contributed by atoms with Gasteiger partial charge in [-0.15, -0.1) is 0 Å². The molecule has 0 amide bonds. The Kier molecular flexibility index (Phi) is 3.74. The van der Waals surface area contributed by atoms with Crippen LogP contribution in [0.3, 0.4) is 0 Å². The Morgan fingerprint density at radius 1 is 1.05 bits per heavy atom. The molecule has 0 saturated carbocycles. The van der Waals surface area contributed by atoms with Gasteiger partial charge in [0, 0.05) is 5.39 Å². The average molecular weight is 272 g/mol. The van der Waals surface area contributed by atoms with Crippen molar-refractivity contribution in [2.24, 2.45) is 0 Å². The Bertz CT molecular complexity index is 701. The monoisotopic (exact) mass is 272 g/mol. The van der Waals surface area contributed by atoms with E-state index in [-0.39, 0.29) is 11.1 Å². The van der Waals surface area contributed by atoms with Gasteiger partial charge < -0.3 is 10.2 Å². The Balaban J connectivity index is 3.03. The van der Waals surface area contributed by atoms with Gasteiger partial charge in [-0.25, -0.2) is 9.59 Å². The van der Waals surface area contributed by atoms with E-state index in [0.717, 1.165) is 17.5 Å². The number of aromatic carboxylic acids is 2. The number of hydrogen-bond acceptors (Lipinski definition) is 2. The maximum absolute atomic E-state index is 11.6. The van der Waals surface area contributed by atoms with Crippen molar-refractivity contribution in [3.05, 3.63) is 46.5 Å². The van der Waals surface area contributed by atoms with Crippen LogP contribution in [0.2, 0.25) is 0 Å². The number of benzene rings is 2. The first kappa shape index (κ1) is 14.1. The lowest BCUT2D eigenvalue weighted by molar-refractivity contribution is 0.0694. The molecule has 2 rings (SSSR count). The maximum Gasteiger partial charge on any atom is 0.336 e. The quantitative estimate of drug-likeness (QED) is 0.894. The first-order valence-electron chi connectivity index (χ1n) is 6.55. The van der Waals surface area contributed by atoms with E-state index in [1.54, 1.807) is 12.1 Å². The molecule has 0 radical (unpaired) electrons. The number of aryl methyl sites for hydroxylation is 1. The lowest BCUT2D eigenvalue weighted by Gasteiger charge is -2.15. The number of rotatable bonds is 4. The summed E-state index contributed by atoms with van der Waals surface area (Å²) in [5.41, 5.74) is 1.85.